The highest BCUT2D eigenvalue weighted by Gasteiger charge is 2.00. The molecule has 0 heterocycles. The molecule has 0 radical (unpaired) electrons. The Bertz CT molecular complexity index is 645. The first kappa shape index (κ1) is 14.4. The van der Waals surface area contributed by atoms with E-state index in [1.807, 2.05) is 56.3 Å². The van der Waals surface area contributed by atoms with Gasteiger partial charge in [0.1, 0.15) is 0 Å². The Balaban J connectivity index is 2.00. The molecule has 0 spiro atoms. The minimum absolute atomic E-state index is 0.0318. The predicted octanol–water partition coefficient (Wildman–Crippen LogP) is 4.77. The maximum Gasteiger partial charge on any atom is 0.187 e. The smallest absolute Gasteiger partial charge is 0.187 e. The summed E-state index contributed by atoms with van der Waals surface area (Å²) in [4.78, 5) is 11.9. The van der Waals surface area contributed by atoms with E-state index >= 15 is 0 Å². The number of aryl methyl sites for hydroxylation is 2. The second-order valence-corrected chi connectivity index (χ2v) is 5.08. The molecule has 2 aromatic carbocycles. The molecule has 0 saturated heterocycles. The molecule has 102 valence electrons. The summed E-state index contributed by atoms with van der Waals surface area (Å²) in [6.45, 7) is 3.94. The normalized spacial score (nSPS) is 10.8. The van der Waals surface area contributed by atoms with Crippen molar-refractivity contribution >= 4 is 23.1 Å². The molecule has 2 aromatic rings. The number of nitrogens with one attached hydrogen (secondary N) is 1. The number of halogens is 1. The molecule has 0 unspecified atom stereocenters. The number of allylic oxidation sites excluding steroid dienone is 1. The zero-order valence-corrected chi connectivity index (χ0v) is 12.2. The fourth-order valence-electron chi connectivity index (χ4n) is 1.71. The van der Waals surface area contributed by atoms with E-state index in [9.17, 15) is 4.79 Å². The van der Waals surface area contributed by atoms with E-state index in [0.717, 1.165) is 16.8 Å². The average Bonchev–Trinajstić information content (AvgIpc) is 2.43. The van der Waals surface area contributed by atoms with Gasteiger partial charge in [-0.2, -0.15) is 0 Å². The molecule has 3 heteroatoms. The summed E-state index contributed by atoms with van der Waals surface area (Å²) in [6, 6.07) is 13.2. The summed E-state index contributed by atoms with van der Waals surface area (Å²) in [5.41, 5.74) is 3.69. The molecule has 2 rings (SSSR count). The summed E-state index contributed by atoms with van der Waals surface area (Å²) in [7, 11) is 0. The number of benzene rings is 2. The first-order valence-electron chi connectivity index (χ1n) is 6.36. The van der Waals surface area contributed by atoms with Crippen LogP contribution in [0.2, 0.25) is 5.02 Å². The van der Waals surface area contributed by atoms with Gasteiger partial charge in [-0.05, 0) is 31.5 Å². The molecule has 0 atom stereocenters. The highest BCUT2D eigenvalue weighted by molar-refractivity contribution is 6.31. The molecule has 2 nitrogen and oxygen atoms in total. The number of carbonyl (C=O) groups is 1. The zero-order chi connectivity index (χ0) is 14.5. The van der Waals surface area contributed by atoms with Crippen molar-refractivity contribution in [1.82, 2.24) is 0 Å². The van der Waals surface area contributed by atoms with E-state index in [2.05, 4.69) is 5.32 Å². The molecular weight excluding hydrogens is 270 g/mol. The summed E-state index contributed by atoms with van der Waals surface area (Å²) in [5.74, 6) is -0.0318. The molecule has 0 aliphatic carbocycles. The predicted molar refractivity (Wildman–Crippen MR) is 84.5 cm³/mol. The van der Waals surface area contributed by atoms with Crippen LogP contribution in [-0.4, -0.2) is 5.78 Å². The summed E-state index contributed by atoms with van der Waals surface area (Å²) >= 11 is 6.03. The largest absolute Gasteiger partial charge is 0.362 e. The molecule has 0 fully saturated rings. The van der Waals surface area contributed by atoms with Crippen molar-refractivity contribution in [1.29, 1.82) is 0 Å². The van der Waals surface area contributed by atoms with Gasteiger partial charge in [0.25, 0.3) is 0 Å². The van der Waals surface area contributed by atoms with Crippen LogP contribution in [0.4, 0.5) is 5.69 Å². The minimum Gasteiger partial charge on any atom is -0.362 e. The summed E-state index contributed by atoms with van der Waals surface area (Å²) in [5, 5.41) is 3.74. The quantitative estimate of drug-likeness (QED) is 0.648. The van der Waals surface area contributed by atoms with Crippen molar-refractivity contribution < 1.29 is 4.79 Å². The minimum atomic E-state index is -0.0318. The number of hydrogen-bond acceptors (Lipinski definition) is 2. The van der Waals surface area contributed by atoms with Crippen LogP contribution < -0.4 is 5.32 Å². The maximum atomic E-state index is 11.9. The number of ketones is 1. The third-order valence-corrected chi connectivity index (χ3v) is 3.40. The highest BCUT2D eigenvalue weighted by atomic mass is 35.5. The molecule has 1 N–H and O–H groups in total. The van der Waals surface area contributed by atoms with Gasteiger partial charge in [0.15, 0.2) is 5.78 Å². The van der Waals surface area contributed by atoms with E-state index in [4.69, 9.17) is 11.6 Å². The van der Waals surface area contributed by atoms with Crippen LogP contribution in [0.5, 0.6) is 0 Å². The van der Waals surface area contributed by atoms with Crippen molar-refractivity contribution in [2.75, 3.05) is 5.32 Å². The average molecular weight is 286 g/mol. The standard InChI is InChI=1S/C17H16ClNO/c1-12-3-6-14(7-4-12)17(20)9-10-19-15-8-5-13(2)16(18)11-15/h3-11,19H,1-2H3. The van der Waals surface area contributed by atoms with Gasteiger partial charge in [0, 0.05) is 28.5 Å². The fourth-order valence-corrected chi connectivity index (χ4v) is 1.89. The Morgan fingerprint density at radius 1 is 1.10 bits per heavy atom. The highest BCUT2D eigenvalue weighted by Crippen LogP contribution is 2.19. The molecule has 0 aromatic heterocycles. The summed E-state index contributed by atoms with van der Waals surface area (Å²) in [6.07, 6.45) is 3.14. The first-order chi connectivity index (χ1) is 9.56. The van der Waals surface area contributed by atoms with Gasteiger partial charge in [-0.25, -0.2) is 0 Å². The lowest BCUT2D eigenvalue weighted by Gasteiger charge is -2.03. The van der Waals surface area contributed by atoms with Gasteiger partial charge in [-0.1, -0.05) is 47.5 Å². The van der Waals surface area contributed by atoms with Crippen molar-refractivity contribution in [3.05, 3.63) is 76.5 Å². The van der Waals surface area contributed by atoms with Gasteiger partial charge >= 0.3 is 0 Å². The molecule has 0 aliphatic heterocycles. The molecule has 20 heavy (non-hydrogen) atoms. The molecule has 0 saturated carbocycles. The van der Waals surface area contributed by atoms with Crippen molar-refractivity contribution in [2.24, 2.45) is 0 Å². The van der Waals surface area contributed by atoms with Crippen LogP contribution >= 0.6 is 11.6 Å². The fraction of sp³-hybridized carbons (Fsp3) is 0.118. The lowest BCUT2D eigenvalue weighted by molar-refractivity contribution is 0.104. The Labute approximate surface area is 124 Å². The Hall–Kier alpha value is -2.06. The van der Waals surface area contributed by atoms with Crippen LogP contribution in [0.15, 0.2) is 54.7 Å². The first-order valence-corrected chi connectivity index (χ1v) is 6.74. The topological polar surface area (TPSA) is 29.1 Å². The van der Waals surface area contributed by atoms with Gasteiger partial charge in [-0.15, -0.1) is 0 Å². The van der Waals surface area contributed by atoms with E-state index in [0.29, 0.717) is 10.6 Å². The Kier molecular flexibility index (Phi) is 4.59. The Morgan fingerprint density at radius 3 is 2.45 bits per heavy atom. The van der Waals surface area contributed by atoms with Crippen LogP contribution in [0, 0.1) is 13.8 Å². The molecular formula is C17H16ClNO. The van der Waals surface area contributed by atoms with Crippen molar-refractivity contribution in [2.45, 2.75) is 13.8 Å². The second-order valence-electron chi connectivity index (χ2n) is 4.67. The van der Waals surface area contributed by atoms with Crippen LogP contribution in [-0.2, 0) is 0 Å². The van der Waals surface area contributed by atoms with E-state index in [1.165, 1.54) is 6.08 Å². The van der Waals surface area contributed by atoms with E-state index < -0.39 is 0 Å². The van der Waals surface area contributed by atoms with Crippen LogP contribution in [0.3, 0.4) is 0 Å². The second kappa shape index (κ2) is 6.40. The van der Waals surface area contributed by atoms with Crippen molar-refractivity contribution in [3.8, 4) is 0 Å². The van der Waals surface area contributed by atoms with Gasteiger partial charge in [-0.3, -0.25) is 4.79 Å². The third-order valence-electron chi connectivity index (χ3n) is 2.99. The lowest BCUT2D eigenvalue weighted by Crippen LogP contribution is -1.96. The van der Waals surface area contributed by atoms with E-state index in [-0.39, 0.29) is 5.78 Å². The Morgan fingerprint density at radius 2 is 1.80 bits per heavy atom. The number of hydrogen-bond donors (Lipinski definition) is 1. The SMILES string of the molecule is Cc1ccc(C(=O)C=CNc2ccc(C)c(Cl)c2)cc1. The van der Waals surface area contributed by atoms with Gasteiger partial charge in [0.05, 0.1) is 0 Å². The lowest BCUT2D eigenvalue weighted by atomic mass is 10.1. The molecule has 0 amide bonds. The zero-order valence-electron chi connectivity index (χ0n) is 11.5. The molecule has 0 bridgehead atoms. The third kappa shape index (κ3) is 3.72. The van der Waals surface area contributed by atoms with Crippen molar-refractivity contribution in [3.63, 3.8) is 0 Å². The number of carbonyl (C=O) groups excluding carboxylic acids is 1. The van der Waals surface area contributed by atoms with Gasteiger partial charge in [0.2, 0.25) is 0 Å². The van der Waals surface area contributed by atoms with E-state index in [1.54, 1.807) is 6.20 Å². The number of rotatable bonds is 4. The van der Waals surface area contributed by atoms with Gasteiger partial charge < -0.3 is 5.32 Å². The molecule has 0 aliphatic rings. The maximum absolute atomic E-state index is 11.9. The van der Waals surface area contributed by atoms with Crippen LogP contribution in [0.1, 0.15) is 21.5 Å². The number of anilines is 1. The summed E-state index contributed by atoms with van der Waals surface area (Å²) < 4.78 is 0. The van der Waals surface area contributed by atoms with Crippen LogP contribution in [0.25, 0.3) is 0 Å². The monoisotopic (exact) mass is 285 g/mol.